The van der Waals surface area contributed by atoms with Crippen molar-refractivity contribution >= 4 is 89.5 Å². The lowest BCUT2D eigenvalue weighted by atomic mass is 10.0. The van der Waals surface area contributed by atoms with Gasteiger partial charge < -0.3 is 70.7 Å². The molecule has 0 unspecified atom stereocenters. The van der Waals surface area contributed by atoms with Gasteiger partial charge in [0.05, 0.1) is 6.04 Å². The van der Waals surface area contributed by atoms with Crippen LogP contribution in [-0.4, -0.2) is 130 Å². The Balaban J connectivity index is 1.99. The van der Waals surface area contributed by atoms with E-state index in [9.17, 15) is 38.7 Å². The van der Waals surface area contributed by atoms with E-state index < -0.39 is 83.2 Å². The predicted molar refractivity (Wildman–Crippen MR) is 257 cm³/mol. The highest BCUT2D eigenvalue weighted by Crippen LogP contribution is 2.20. The number of thiol groups is 2. The van der Waals surface area contributed by atoms with Crippen LogP contribution in [0.3, 0.4) is 0 Å². The molecule has 0 fully saturated rings. The first-order valence-electron chi connectivity index (χ1n) is 21.0. The third kappa shape index (κ3) is 17.5. The van der Waals surface area contributed by atoms with Crippen LogP contribution in [0.5, 0.6) is 0 Å². The number of carbonyl (C=O) groups is 7. The maximum Gasteiger partial charge on any atom is 0.327 e. The summed E-state index contributed by atoms with van der Waals surface area (Å²) in [6.07, 6.45) is 1.81. The van der Waals surface area contributed by atoms with E-state index in [4.69, 9.17) is 28.7 Å². The molecule has 0 aliphatic carbocycles. The number of aliphatic imine (C=N–C) groups is 2. The minimum Gasteiger partial charge on any atom is -0.480 e. The van der Waals surface area contributed by atoms with Gasteiger partial charge in [0, 0.05) is 54.5 Å². The van der Waals surface area contributed by atoms with Gasteiger partial charge in [-0.3, -0.25) is 38.8 Å². The number of nitrogens with one attached hydrogen (secondary N) is 7. The Morgan fingerprint density at radius 1 is 0.652 bits per heavy atom. The van der Waals surface area contributed by atoms with Crippen molar-refractivity contribution in [3.63, 3.8) is 0 Å². The van der Waals surface area contributed by atoms with Gasteiger partial charge in [-0.1, -0.05) is 48.5 Å². The van der Waals surface area contributed by atoms with Crippen molar-refractivity contribution in [1.29, 1.82) is 0 Å². The largest absolute Gasteiger partial charge is 0.480 e. The monoisotopic (exact) mass is 954 g/mol. The lowest BCUT2D eigenvalue weighted by molar-refractivity contribution is -0.141. The first kappa shape index (κ1) is 53.8. The molecule has 3 rings (SSSR count). The highest BCUT2D eigenvalue weighted by Gasteiger charge is 2.36. The average molecular weight is 955 g/mol. The summed E-state index contributed by atoms with van der Waals surface area (Å²) < 4.78 is 0. The molecule has 22 nitrogen and oxygen atoms in total. The zero-order valence-corrected chi connectivity index (χ0v) is 38.6. The zero-order chi connectivity index (χ0) is 49.0. The molecule has 6 atom stereocenters. The van der Waals surface area contributed by atoms with Gasteiger partial charge in [-0.25, -0.2) is 4.79 Å². The quantitative estimate of drug-likeness (QED) is 0.0165. The second-order valence-corrected chi connectivity index (χ2v) is 16.6. The highest BCUT2D eigenvalue weighted by molar-refractivity contribution is 7.80. The number of carboxylic acid groups (broad SMARTS) is 1. The number of guanidine groups is 2. The van der Waals surface area contributed by atoms with Crippen LogP contribution in [0.2, 0.25) is 0 Å². The molecule has 1 aromatic heterocycles. The molecule has 0 spiro atoms. The van der Waals surface area contributed by atoms with E-state index in [2.05, 4.69) is 72.1 Å². The number of carboxylic acids is 1. The molecule has 3 aromatic rings. The number of carbonyl (C=O) groups excluding carboxylic acids is 6. The van der Waals surface area contributed by atoms with E-state index >= 15 is 0 Å². The first-order valence-corrected chi connectivity index (χ1v) is 22.3. The van der Waals surface area contributed by atoms with E-state index in [1.165, 1.54) is 13.8 Å². The van der Waals surface area contributed by atoms with Crippen LogP contribution in [0.15, 0.2) is 70.8 Å². The van der Waals surface area contributed by atoms with E-state index in [-0.39, 0.29) is 75.0 Å². The van der Waals surface area contributed by atoms with Crippen molar-refractivity contribution in [1.82, 2.24) is 36.9 Å². The van der Waals surface area contributed by atoms with Gasteiger partial charge in [-0.2, -0.15) is 25.3 Å². The highest BCUT2D eigenvalue weighted by atomic mass is 32.1. The third-order valence-electron chi connectivity index (χ3n) is 10.1. The Hall–Kier alpha value is -6.53. The van der Waals surface area contributed by atoms with Gasteiger partial charge in [0.1, 0.15) is 35.7 Å². The molecule has 24 heteroatoms. The second-order valence-electron chi connectivity index (χ2n) is 15.8. The Morgan fingerprint density at radius 3 is 1.67 bits per heavy atom. The maximum atomic E-state index is 14.4. The summed E-state index contributed by atoms with van der Waals surface area (Å²) in [4.78, 5) is 106. The fourth-order valence-corrected chi connectivity index (χ4v) is 6.90. The SMILES string of the molecule is CC(C)(NC(=O)[C@@H](N)CS)C(=O)N[C@@H](CCCN=C(N)N)C(=O)N[C@H](Cc1ccccc1)C(=O)N[C@@H](CCCN=C(N)N)C(=O)N[C@@H](Cc1c[nH]c2ccccc12)C(=O)N[C@@H](CS)C(=O)O. The van der Waals surface area contributed by atoms with Gasteiger partial charge >= 0.3 is 5.97 Å². The lowest BCUT2D eigenvalue weighted by Crippen LogP contribution is -2.62. The molecular weight excluding hydrogens is 893 g/mol. The maximum absolute atomic E-state index is 14.4. The van der Waals surface area contributed by atoms with Crippen molar-refractivity contribution in [2.75, 3.05) is 24.6 Å². The smallest absolute Gasteiger partial charge is 0.327 e. The van der Waals surface area contributed by atoms with Crippen LogP contribution < -0.4 is 60.6 Å². The molecule has 0 aliphatic heterocycles. The Labute approximate surface area is 393 Å². The standard InChI is InChI=1S/C42H62N14O8S2/c1-42(2,56-33(57)26(43)21-65)39(64)55-29(15-9-17-49-41(46)47)35(59)52-30(18-23-10-4-3-5-11-23)36(60)51-28(14-8-16-48-40(44)45)34(58)53-31(37(61)54-32(22-66)38(62)63)19-24-20-50-27-13-7-6-12-25(24)27/h3-7,10-13,20,26,28-32,50,65-66H,8-9,14-19,21-22,43H2,1-2H3,(H,51,60)(H,52,59)(H,53,58)(H,54,61)(H,55,64)(H,56,57)(H,62,63)(H4,44,45,48)(H4,46,47,49)/t26-,28-,29-,30+,31-,32-/m0/s1. The van der Waals surface area contributed by atoms with Crippen molar-refractivity contribution in [2.24, 2.45) is 38.7 Å². The molecule has 18 N–H and O–H groups in total. The molecule has 1 heterocycles. The molecule has 0 saturated heterocycles. The van der Waals surface area contributed by atoms with Crippen LogP contribution >= 0.6 is 25.3 Å². The predicted octanol–water partition coefficient (Wildman–Crippen LogP) is -2.35. The summed E-state index contributed by atoms with van der Waals surface area (Å²) in [7, 11) is 0. The fourth-order valence-electron chi connectivity index (χ4n) is 6.49. The number of benzene rings is 2. The fraction of sp³-hybridized carbons (Fsp3) is 0.452. The molecule has 360 valence electrons. The summed E-state index contributed by atoms with van der Waals surface area (Å²) in [5, 5.41) is 26.2. The van der Waals surface area contributed by atoms with Gasteiger partial charge in [0.25, 0.3) is 0 Å². The number of rotatable bonds is 27. The van der Waals surface area contributed by atoms with Gasteiger partial charge in [-0.05, 0) is 56.7 Å². The van der Waals surface area contributed by atoms with E-state index in [0.717, 1.165) is 10.9 Å². The van der Waals surface area contributed by atoms with Crippen LogP contribution in [0.4, 0.5) is 0 Å². The van der Waals surface area contributed by atoms with Crippen molar-refractivity contribution in [3.8, 4) is 0 Å². The zero-order valence-electron chi connectivity index (χ0n) is 36.8. The minimum atomic E-state index is -1.56. The van der Waals surface area contributed by atoms with Crippen molar-refractivity contribution in [3.05, 3.63) is 71.9 Å². The van der Waals surface area contributed by atoms with Crippen LogP contribution in [-0.2, 0) is 46.4 Å². The normalized spacial score (nSPS) is 13.9. The number of fused-ring (bicyclic) bond motifs is 1. The molecule has 2 aromatic carbocycles. The van der Waals surface area contributed by atoms with Gasteiger partial charge in [0.15, 0.2) is 11.9 Å². The number of aromatic amines is 1. The van der Waals surface area contributed by atoms with Crippen molar-refractivity contribution < 1.29 is 38.7 Å². The summed E-state index contributed by atoms with van der Waals surface area (Å²) in [6, 6.07) is 8.19. The number of nitrogens with zero attached hydrogens (tertiary/aromatic N) is 2. The number of hydrogen-bond donors (Lipinski definition) is 15. The number of aromatic nitrogens is 1. The van der Waals surface area contributed by atoms with Crippen LogP contribution in [0.1, 0.15) is 50.7 Å². The van der Waals surface area contributed by atoms with E-state index in [0.29, 0.717) is 11.1 Å². The first-order chi connectivity index (χ1) is 31.3. The summed E-state index contributed by atoms with van der Waals surface area (Å²) >= 11 is 8.10. The van der Waals surface area contributed by atoms with E-state index in [1.54, 1.807) is 42.6 Å². The van der Waals surface area contributed by atoms with Crippen LogP contribution in [0.25, 0.3) is 10.9 Å². The molecule has 6 amide bonds. The minimum absolute atomic E-state index is 0.00750. The second kappa shape index (κ2) is 26.4. The third-order valence-corrected chi connectivity index (χ3v) is 10.9. The van der Waals surface area contributed by atoms with Crippen LogP contribution in [0, 0.1) is 0 Å². The molecule has 0 bridgehead atoms. The number of H-pyrrole nitrogens is 1. The number of hydrogen-bond acceptors (Lipinski definition) is 12. The summed E-state index contributed by atoms with van der Waals surface area (Å²) in [5.41, 5.74) is 28.3. The number of nitrogens with two attached hydrogens (primary N) is 5. The molecule has 0 aliphatic rings. The number of amides is 6. The number of aliphatic carboxylic acids is 1. The molecule has 0 saturated carbocycles. The Morgan fingerprint density at radius 2 is 1.14 bits per heavy atom. The molecular formula is C42H62N14O8S2. The molecule has 66 heavy (non-hydrogen) atoms. The van der Waals surface area contributed by atoms with Gasteiger partial charge in [0.2, 0.25) is 35.4 Å². The summed E-state index contributed by atoms with van der Waals surface area (Å²) in [5.74, 6) is -6.61. The summed E-state index contributed by atoms with van der Waals surface area (Å²) in [6.45, 7) is 2.99. The molecule has 0 radical (unpaired) electrons. The van der Waals surface area contributed by atoms with E-state index in [1.807, 2.05) is 18.2 Å². The number of para-hydroxylation sites is 1. The lowest BCUT2D eigenvalue weighted by Gasteiger charge is -2.30. The average Bonchev–Trinajstić information content (AvgIpc) is 3.68. The van der Waals surface area contributed by atoms with Crippen molar-refractivity contribution in [2.45, 2.75) is 94.2 Å². The topological polar surface area (TPSA) is 383 Å². The Kier molecular flexibility index (Phi) is 21.6. The van der Waals surface area contributed by atoms with Gasteiger partial charge in [-0.15, -0.1) is 0 Å². The Bertz CT molecular complexity index is 2200.